The first-order valence-electron chi connectivity index (χ1n) is 5.34. The van der Waals surface area contributed by atoms with Gasteiger partial charge in [0, 0.05) is 23.9 Å². The molecular weight excluding hydrogens is 246 g/mol. The minimum absolute atomic E-state index is 0.227. The molecule has 1 aromatic carbocycles. The van der Waals surface area contributed by atoms with Crippen LogP contribution in [0.15, 0.2) is 18.3 Å². The minimum atomic E-state index is -0.903. The average Bonchev–Trinajstić information content (AvgIpc) is 2.34. The number of hydrogen-bond donors (Lipinski definition) is 1. The largest absolute Gasteiger partial charge is 0.397 e. The molecule has 0 atom stereocenters. The molecule has 0 saturated carbocycles. The molecule has 0 unspecified atom stereocenters. The minimum Gasteiger partial charge on any atom is -0.397 e. The monoisotopic (exact) mass is 258 g/mol. The molecule has 0 amide bonds. The average molecular weight is 259 g/mol. The lowest BCUT2D eigenvalue weighted by Crippen LogP contribution is -2.30. The lowest BCUT2D eigenvalue weighted by atomic mass is 9.99. The van der Waals surface area contributed by atoms with E-state index in [2.05, 4.69) is 6.58 Å². The van der Waals surface area contributed by atoms with Gasteiger partial charge in [-0.3, -0.25) is 0 Å². The Morgan fingerprint density at radius 1 is 1.53 bits per heavy atom. The van der Waals surface area contributed by atoms with Crippen molar-refractivity contribution in [3.8, 4) is 0 Å². The summed E-state index contributed by atoms with van der Waals surface area (Å²) >= 11 is 5.73. The van der Waals surface area contributed by atoms with Gasteiger partial charge in [-0.1, -0.05) is 6.58 Å². The van der Waals surface area contributed by atoms with Crippen molar-refractivity contribution in [2.45, 2.75) is 12.8 Å². The van der Waals surface area contributed by atoms with E-state index in [-0.39, 0.29) is 11.6 Å². The first-order valence-corrected chi connectivity index (χ1v) is 5.87. The van der Waals surface area contributed by atoms with Crippen molar-refractivity contribution in [1.82, 2.24) is 0 Å². The molecule has 1 aromatic rings. The van der Waals surface area contributed by atoms with Gasteiger partial charge in [-0.2, -0.15) is 0 Å². The van der Waals surface area contributed by atoms with Gasteiger partial charge < -0.3 is 10.6 Å². The fraction of sp³-hybridized carbons (Fsp3) is 0.333. The normalized spacial score (nSPS) is 14.6. The molecule has 92 valence electrons. The molecule has 1 aliphatic rings. The van der Waals surface area contributed by atoms with E-state index in [4.69, 9.17) is 17.3 Å². The summed E-state index contributed by atoms with van der Waals surface area (Å²) < 4.78 is 26.9. The Hall–Kier alpha value is -1.29. The van der Waals surface area contributed by atoms with Crippen molar-refractivity contribution in [3.05, 3.63) is 35.5 Å². The van der Waals surface area contributed by atoms with Gasteiger partial charge in [-0.15, -0.1) is 11.6 Å². The molecule has 17 heavy (non-hydrogen) atoms. The maximum absolute atomic E-state index is 13.7. The highest BCUT2D eigenvalue weighted by molar-refractivity contribution is 6.19. The number of nitrogens with two attached hydrogens (primary N) is 1. The summed E-state index contributed by atoms with van der Waals surface area (Å²) in [6.07, 6.45) is 1.21. The van der Waals surface area contributed by atoms with E-state index >= 15 is 0 Å². The fourth-order valence-corrected chi connectivity index (χ4v) is 2.30. The number of hydrogen-bond acceptors (Lipinski definition) is 2. The number of benzene rings is 1. The lowest BCUT2D eigenvalue weighted by Gasteiger charge is -2.33. The second-order valence-electron chi connectivity index (χ2n) is 4.04. The third-order valence-electron chi connectivity index (χ3n) is 2.93. The van der Waals surface area contributed by atoms with E-state index in [1.54, 1.807) is 4.90 Å². The molecule has 0 spiro atoms. The van der Waals surface area contributed by atoms with Crippen LogP contribution in [-0.2, 0) is 6.42 Å². The molecule has 0 radical (unpaired) electrons. The molecule has 0 saturated heterocycles. The molecule has 1 aliphatic heterocycles. The molecule has 0 aromatic heterocycles. The predicted octanol–water partition coefficient (Wildman–Crippen LogP) is 3.05. The van der Waals surface area contributed by atoms with Crippen molar-refractivity contribution < 1.29 is 8.78 Å². The van der Waals surface area contributed by atoms with Crippen molar-refractivity contribution in [1.29, 1.82) is 0 Å². The zero-order chi connectivity index (χ0) is 12.6. The molecular formula is C12H13ClF2N2. The molecule has 1 heterocycles. The van der Waals surface area contributed by atoms with Crippen LogP contribution < -0.4 is 10.6 Å². The van der Waals surface area contributed by atoms with Gasteiger partial charge >= 0.3 is 0 Å². The van der Waals surface area contributed by atoms with Gasteiger partial charge in [0.1, 0.15) is 0 Å². The summed E-state index contributed by atoms with van der Waals surface area (Å²) in [5.41, 5.74) is 7.47. The van der Waals surface area contributed by atoms with Crippen molar-refractivity contribution in [2.24, 2.45) is 0 Å². The molecule has 5 heteroatoms. The number of nitrogen functional groups attached to an aromatic ring is 1. The third-order valence-corrected chi connectivity index (χ3v) is 3.24. The molecule has 2 rings (SSSR count). The Kier molecular flexibility index (Phi) is 3.24. The van der Waals surface area contributed by atoms with Crippen LogP contribution >= 0.6 is 11.6 Å². The lowest BCUT2D eigenvalue weighted by molar-refractivity contribution is 0.494. The SMILES string of the molecule is C=C(CCl)N1CCCc2c(F)c(F)cc(N)c21. The number of nitrogens with zero attached hydrogens (tertiary/aromatic N) is 1. The summed E-state index contributed by atoms with van der Waals surface area (Å²) in [6, 6.07) is 1.01. The standard InChI is InChI=1S/C12H13ClF2N2/c1-7(6-13)17-4-2-3-8-11(15)9(14)5-10(16)12(8)17/h5H,1-4,6,16H2. The van der Waals surface area contributed by atoms with Crippen molar-refractivity contribution >= 4 is 23.0 Å². The summed E-state index contributed by atoms with van der Waals surface area (Å²) in [7, 11) is 0. The summed E-state index contributed by atoms with van der Waals surface area (Å²) in [6.45, 7) is 4.49. The Labute approximate surface area is 104 Å². The second-order valence-corrected chi connectivity index (χ2v) is 4.31. The number of anilines is 2. The van der Waals surface area contributed by atoms with E-state index in [0.29, 0.717) is 29.9 Å². The van der Waals surface area contributed by atoms with Crippen molar-refractivity contribution in [2.75, 3.05) is 23.1 Å². The van der Waals surface area contributed by atoms with Crippen LogP contribution in [0.25, 0.3) is 0 Å². The number of alkyl halides is 1. The summed E-state index contributed by atoms with van der Waals surface area (Å²) in [4.78, 5) is 1.77. The Bertz CT molecular complexity index is 474. The zero-order valence-electron chi connectivity index (χ0n) is 9.27. The number of halogens is 3. The van der Waals surface area contributed by atoms with Crippen LogP contribution in [0.5, 0.6) is 0 Å². The van der Waals surface area contributed by atoms with E-state index in [1.807, 2.05) is 0 Å². The van der Waals surface area contributed by atoms with Crippen LogP contribution in [0.4, 0.5) is 20.2 Å². The van der Waals surface area contributed by atoms with Crippen LogP contribution in [0.3, 0.4) is 0 Å². The number of allylic oxidation sites excluding steroid dienone is 1. The summed E-state index contributed by atoms with van der Waals surface area (Å²) in [5, 5.41) is 0. The van der Waals surface area contributed by atoms with Gasteiger partial charge in [0.05, 0.1) is 17.3 Å². The predicted molar refractivity (Wildman–Crippen MR) is 66.3 cm³/mol. The van der Waals surface area contributed by atoms with E-state index in [1.165, 1.54) is 0 Å². The molecule has 0 aliphatic carbocycles. The quantitative estimate of drug-likeness (QED) is 0.653. The van der Waals surface area contributed by atoms with Crippen LogP contribution in [0, 0.1) is 11.6 Å². The van der Waals surface area contributed by atoms with Crippen LogP contribution in [0.1, 0.15) is 12.0 Å². The number of rotatable bonds is 2. The highest BCUT2D eigenvalue weighted by Crippen LogP contribution is 2.37. The van der Waals surface area contributed by atoms with Crippen LogP contribution in [-0.4, -0.2) is 12.4 Å². The number of fused-ring (bicyclic) bond motifs is 1. The van der Waals surface area contributed by atoms with Crippen LogP contribution in [0.2, 0.25) is 0 Å². The second kappa shape index (κ2) is 4.53. The van der Waals surface area contributed by atoms with Gasteiger partial charge in [-0.25, -0.2) is 8.78 Å². The van der Waals surface area contributed by atoms with Gasteiger partial charge in [0.15, 0.2) is 11.6 Å². The smallest absolute Gasteiger partial charge is 0.164 e. The highest BCUT2D eigenvalue weighted by Gasteiger charge is 2.26. The van der Waals surface area contributed by atoms with Gasteiger partial charge in [-0.05, 0) is 12.8 Å². The van der Waals surface area contributed by atoms with E-state index < -0.39 is 11.6 Å². The zero-order valence-corrected chi connectivity index (χ0v) is 10.0. The molecule has 0 bridgehead atoms. The van der Waals surface area contributed by atoms with Gasteiger partial charge in [0.25, 0.3) is 0 Å². The van der Waals surface area contributed by atoms with E-state index in [9.17, 15) is 8.78 Å². The Morgan fingerprint density at radius 2 is 2.24 bits per heavy atom. The van der Waals surface area contributed by atoms with Gasteiger partial charge in [0.2, 0.25) is 0 Å². The highest BCUT2D eigenvalue weighted by atomic mass is 35.5. The maximum atomic E-state index is 13.7. The molecule has 2 nitrogen and oxygen atoms in total. The first kappa shape index (κ1) is 12.2. The maximum Gasteiger partial charge on any atom is 0.164 e. The van der Waals surface area contributed by atoms with E-state index in [0.717, 1.165) is 12.5 Å². The fourth-order valence-electron chi connectivity index (χ4n) is 2.15. The summed E-state index contributed by atoms with van der Waals surface area (Å²) in [5.74, 6) is -1.49. The third kappa shape index (κ3) is 1.97. The Balaban J connectivity index is 2.58. The molecule has 0 fully saturated rings. The molecule has 2 N–H and O–H groups in total. The Morgan fingerprint density at radius 3 is 2.88 bits per heavy atom. The topological polar surface area (TPSA) is 29.3 Å². The van der Waals surface area contributed by atoms with Crippen molar-refractivity contribution in [3.63, 3.8) is 0 Å². The first-order chi connectivity index (χ1) is 8.06.